The van der Waals surface area contributed by atoms with Crippen LogP contribution in [0.5, 0.6) is 0 Å². The number of hydrogen-bond acceptors (Lipinski definition) is 5. The van der Waals surface area contributed by atoms with Crippen molar-refractivity contribution >= 4 is 11.7 Å². The van der Waals surface area contributed by atoms with Gasteiger partial charge in [-0.25, -0.2) is 9.48 Å². The number of nitro benzene ring substituents is 1. The van der Waals surface area contributed by atoms with E-state index in [2.05, 4.69) is 10.3 Å². The second-order valence-corrected chi connectivity index (χ2v) is 4.70. The standard InChI is InChI=1S/C12H12N4O4/c1-12(2,11(17)18)15-10(7-13-14-15)8-3-5-9(6-4-8)16(19)20/h3-7H,1-2H3,(H,17,18). The molecular weight excluding hydrogens is 264 g/mol. The third kappa shape index (κ3) is 2.22. The van der Waals surface area contributed by atoms with Gasteiger partial charge in [-0.2, -0.15) is 0 Å². The first-order valence-electron chi connectivity index (χ1n) is 5.73. The minimum Gasteiger partial charge on any atom is -0.479 e. The van der Waals surface area contributed by atoms with Gasteiger partial charge in [0.25, 0.3) is 5.69 Å². The van der Waals surface area contributed by atoms with Crippen molar-refractivity contribution in [3.05, 3.63) is 40.6 Å². The fourth-order valence-electron chi connectivity index (χ4n) is 1.69. The van der Waals surface area contributed by atoms with E-state index in [-0.39, 0.29) is 5.69 Å². The molecule has 0 aliphatic heterocycles. The van der Waals surface area contributed by atoms with Gasteiger partial charge in [0.05, 0.1) is 16.8 Å². The number of nitro groups is 1. The van der Waals surface area contributed by atoms with Gasteiger partial charge >= 0.3 is 5.97 Å². The SMILES string of the molecule is CC(C)(C(=O)O)n1nncc1-c1ccc([N+](=O)[O-])cc1. The van der Waals surface area contributed by atoms with E-state index in [1.165, 1.54) is 49.0 Å². The Morgan fingerprint density at radius 2 is 1.95 bits per heavy atom. The molecule has 0 aliphatic carbocycles. The first-order chi connectivity index (χ1) is 9.34. The first-order valence-corrected chi connectivity index (χ1v) is 5.73. The molecule has 0 unspecified atom stereocenters. The van der Waals surface area contributed by atoms with E-state index in [0.29, 0.717) is 11.3 Å². The second-order valence-electron chi connectivity index (χ2n) is 4.70. The van der Waals surface area contributed by atoms with E-state index >= 15 is 0 Å². The van der Waals surface area contributed by atoms with Crippen LogP contribution in [0.3, 0.4) is 0 Å². The summed E-state index contributed by atoms with van der Waals surface area (Å²) < 4.78 is 1.27. The third-order valence-corrected chi connectivity index (χ3v) is 2.98. The van der Waals surface area contributed by atoms with Crippen molar-refractivity contribution in [2.75, 3.05) is 0 Å². The van der Waals surface area contributed by atoms with Gasteiger partial charge in [0, 0.05) is 17.7 Å². The maximum atomic E-state index is 11.3. The zero-order valence-corrected chi connectivity index (χ0v) is 10.8. The zero-order valence-electron chi connectivity index (χ0n) is 10.8. The largest absolute Gasteiger partial charge is 0.479 e. The van der Waals surface area contributed by atoms with Crippen molar-refractivity contribution in [3.8, 4) is 11.3 Å². The van der Waals surface area contributed by atoms with Crippen LogP contribution in [0, 0.1) is 10.1 Å². The molecule has 2 rings (SSSR count). The third-order valence-electron chi connectivity index (χ3n) is 2.98. The van der Waals surface area contributed by atoms with Crippen LogP contribution in [0.25, 0.3) is 11.3 Å². The number of non-ortho nitro benzene ring substituents is 1. The molecule has 0 saturated heterocycles. The van der Waals surface area contributed by atoms with Crippen LogP contribution < -0.4 is 0 Å². The van der Waals surface area contributed by atoms with Crippen LogP contribution in [0.1, 0.15) is 13.8 Å². The van der Waals surface area contributed by atoms with Gasteiger partial charge in [-0.3, -0.25) is 10.1 Å². The van der Waals surface area contributed by atoms with Crippen molar-refractivity contribution in [1.82, 2.24) is 15.0 Å². The van der Waals surface area contributed by atoms with Crippen LogP contribution >= 0.6 is 0 Å². The molecule has 0 atom stereocenters. The first kappa shape index (κ1) is 13.7. The number of benzene rings is 1. The van der Waals surface area contributed by atoms with Gasteiger partial charge in [0.1, 0.15) is 0 Å². The Kier molecular flexibility index (Phi) is 3.23. The highest BCUT2D eigenvalue weighted by Crippen LogP contribution is 2.26. The monoisotopic (exact) mass is 276 g/mol. The summed E-state index contributed by atoms with van der Waals surface area (Å²) in [7, 11) is 0. The summed E-state index contributed by atoms with van der Waals surface area (Å²) in [6, 6.07) is 5.76. The highest BCUT2D eigenvalue weighted by Gasteiger charge is 2.32. The summed E-state index contributed by atoms with van der Waals surface area (Å²) in [5.74, 6) is -1.05. The summed E-state index contributed by atoms with van der Waals surface area (Å²) in [5.41, 5.74) is -0.222. The number of carboxylic acid groups (broad SMARTS) is 1. The number of hydrogen-bond donors (Lipinski definition) is 1. The number of nitrogens with zero attached hydrogens (tertiary/aromatic N) is 4. The van der Waals surface area contributed by atoms with E-state index in [1.54, 1.807) is 0 Å². The summed E-state index contributed by atoms with van der Waals surface area (Å²) in [4.78, 5) is 21.4. The average molecular weight is 276 g/mol. The summed E-state index contributed by atoms with van der Waals surface area (Å²) in [5, 5.41) is 27.4. The van der Waals surface area contributed by atoms with Crippen molar-refractivity contribution in [2.24, 2.45) is 0 Å². The molecule has 0 bridgehead atoms. The lowest BCUT2D eigenvalue weighted by Gasteiger charge is -2.21. The zero-order chi connectivity index (χ0) is 14.9. The summed E-state index contributed by atoms with van der Waals surface area (Å²) in [6.45, 7) is 3.00. The number of aliphatic carboxylic acids is 1. The fraction of sp³-hybridized carbons (Fsp3) is 0.250. The molecule has 1 aromatic carbocycles. The Hall–Kier alpha value is -2.77. The van der Waals surface area contributed by atoms with Gasteiger partial charge in [-0.1, -0.05) is 5.21 Å². The molecule has 1 aromatic heterocycles. The molecule has 104 valence electrons. The van der Waals surface area contributed by atoms with E-state index in [1.807, 2.05) is 0 Å². The summed E-state index contributed by atoms with van der Waals surface area (Å²) >= 11 is 0. The normalized spacial score (nSPS) is 11.3. The van der Waals surface area contributed by atoms with Crippen molar-refractivity contribution in [2.45, 2.75) is 19.4 Å². The average Bonchev–Trinajstić information content (AvgIpc) is 2.88. The van der Waals surface area contributed by atoms with Crippen LogP contribution in [0.4, 0.5) is 5.69 Å². The number of aromatic nitrogens is 3. The summed E-state index contributed by atoms with van der Waals surface area (Å²) in [6.07, 6.45) is 1.42. The molecule has 0 fully saturated rings. The Morgan fingerprint density at radius 1 is 1.35 bits per heavy atom. The predicted molar refractivity (Wildman–Crippen MR) is 69.1 cm³/mol. The Morgan fingerprint density at radius 3 is 2.45 bits per heavy atom. The molecule has 0 amide bonds. The van der Waals surface area contributed by atoms with Gasteiger partial charge in [0.2, 0.25) is 0 Å². The van der Waals surface area contributed by atoms with E-state index in [9.17, 15) is 20.0 Å². The maximum Gasteiger partial charge on any atom is 0.331 e. The molecule has 0 aliphatic rings. The second kappa shape index (κ2) is 4.72. The van der Waals surface area contributed by atoms with Crippen LogP contribution in [-0.2, 0) is 10.3 Å². The molecule has 1 heterocycles. The molecule has 8 nitrogen and oxygen atoms in total. The topological polar surface area (TPSA) is 111 Å². The van der Waals surface area contributed by atoms with Crippen molar-refractivity contribution < 1.29 is 14.8 Å². The van der Waals surface area contributed by atoms with Crippen molar-refractivity contribution in [1.29, 1.82) is 0 Å². The molecule has 0 saturated carbocycles. The quantitative estimate of drug-likeness (QED) is 0.671. The lowest BCUT2D eigenvalue weighted by molar-refractivity contribution is -0.384. The molecule has 2 aromatic rings. The molecule has 0 spiro atoms. The lowest BCUT2D eigenvalue weighted by Crippen LogP contribution is -2.37. The smallest absolute Gasteiger partial charge is 0.331 e. The van der Waals surface area contributed by atoms with E-state index in [4.69, 9.17) is 0 Å². The lowest BCUT2D eigenvalue weighted by atomic mass is 10.0. The molecule has 20 heavy (non-hydrogen) atoms. The number of carboxylic acids is 1. The maximum absolute atomic E-state index is 11.3. The van der Waals surface area contributed by atoms with E-state index < -0.39 is 16.4 Å². The molecular formula is C12H12N4O4. The number of carbonyl (C=O) groups is 1. The molecule has 8 heteroatoms. The molecule has 0 radical (unpaired) electrons. The van der Waals surface area contributed by atoms with Crippen LogP contribution in [-0.4, -0.2) is 31.0 Å². The minimum atomic E-state index is -1.27. The Balaban J connectivity index is 2.47. The van der Waals surface area contributed by atoms with Gasteiger partial charge in [-0.05, 0) is 26.0 Å². The minimum absolute atomic E-state index is 0.0368. The van der Waals surface area contributed by atoms with Gasteiger partial charge < -0.3 is 5.11 Å². The van der Waals surface area contributed by atoms with E-state index in [0.717, 1.165) is 0 Å². The molecule has 1 N–H and O–H groups in total. The Bertz CT molecular complexity index is 660. The highest BCUT2D eigenvalue weighted by atomic mass is 16.6. The van der Waals surface area contributed by atoms with Gasteiger partial charge in [-0.15, -0.1) is 5.10 Å². The van der Waals surface area contributed by atoms with Gasteiger partial charge in [0.15, 0.2) is 5.54 Å². The Labute approximate surface area is 113 Å². The highest BCUT2D eigenvalue weighted by molar-refractivity contribution is 5.77. The number of rotatable bonds is 4. The van der Waals surface area contributed by atoms with Crippen LogP contribution in [0.2, 0.25) is 0 Å². The van der Waals surface area contributed by atoms with Crippen molar-refractivity contribution in [3.63, 3.8) is 0 Å². The predicted octanol–water partition coefficient (Wildman–Crippen LogP) is 1.67. The fourth-order valence-corrected chi connectivity index (χ4v) is 1.69. The van der Waals surface area contributed by atoms with Crippen LogP contribution in [0.15, 0.2) is 30.5 Å².